The Morgan fingerprint density at radius 2 is 1.56 bits per heavy atom. The lowest BCUT2D eigenvalue weighted by Gasteiger charge is -2.39. The summed E-state index contributed by atoms with van der Waals surface area (Å²) in [5, 5.41) is 2.89. The minimum Gasteiger partial charge on any atom is -0.349 e. The number of benzene rings is 2. The predicted molar refractivity (Wildman–Crippen MR) is 138 cm³/mol. The van der Waals surface area contributed by atoms with E-state index in [1.54, 1.807) is 24.5 Å². The molecule has 5 heteroatoms. The Morgan fingerprint density at radius 1 is 0.882 bits per heavy atom. The molecule has 0 aliphatic carbocycles. The number of carbonyl (C=O) groups is 1. The molecule has 1 aliphatic rings. The number of piperazine rings is 1. The van der Waals surface area contributed by atoms with Crippen molar-refractivity contribution in [3.8, 4) is 0 Å². The predicted octanol–water partition coefficient (Wildman–Crippen LogP) is 4.17. The number of carbonyl (C=O) groups excluding carboxylic acids is 1. The van der Waals surface area contributed by atoms with Gasteiger partial charge in [0.15, 0.2) is 0 Å². The summed E-state index contributed by atoms with van der Waals surface area (Å²) in [6, 6.07) is 25.6. The van der Waals surface area contributed by atoms with Gasteiger partial charge in [-0.3, -0.25) is 19.6 Å². The van der Waals surface area contributed by atoms with E-state index in [-0.39, 0.29) is 11.9 Å². The third-order valence-electron chi connectivity index (χ3n) is 6.04. The van der Waals surface area contributed by atoms with Crippen LogP contribution in [-0.2, 0) is 4.79 Å². The monoisotopic (exact) mass is 452 g/mol. The summed E-state index contributed by atoms with van der Waals surface area (Å²) in [6.45, 7) is 5.54. The van der Waals surface area contributed by atoms with Crippen LogP contribution in [0, 0.1) is 0 Å². The van der Waals surface area contributed by atoms with Gasteiger partial charge < -0.3 is 5.32 Å². The molecule has 2 heterocycles. The first-order valence-electron chi connectivity index (χ1n) is 11.9. The molecule has 0 unspecified atom stereocenters. The maximum atomic E-state index is 11.9. The summed E-state index contributed by atoms with van der Waals surface area (Å²) in [5.41, 5.74) is 3.60. The van der Waals surface area contributed by atoms with E-state index >= 15 is 0 Å². The summed E-state index contributed by atoms with van der Waals surface area (Å²) in [6.07, 6.45) is 10.9. The highest BCUT2D eigenvalue weighted by atomic mass is 16.1. The molecule has 0 saturated carbocycles. The summed E-state index contributed by atoms with van der Waals surface area (Å²) in [7, 11) is 0. The minimum absolute atomic E-state index is 0.102. The standard InChI is InChI=1S/C29H32N4O/c34-28(16-15-25-10-9-17-30-24-25)31-18-7-8-19-32-20-22-33(23-21-32)29(26-11-3-1-4-12-26)27-13-5-2-6-14-27/h1-17,24,29H,18-23H2,(H,31,34)/b8-7+,16-15+. The molecule has 3 aromatic rings. The quantitative estimate of drug-likeness (QED) is 0.391. The van der Waals surface area contributed by atoms with Crippen LogP contribution < -0.4 is 5.32 Å². The molecule has 2 aromatic carbocycles. The van der Waals surface area contributed by atoms with Gasteiger partial charge in [-0.1, -0.05) is 78.9 Å². The summed E-state index contributed by atoms with van der Waals surface area (Å²) in [4.78, 5) is 21.0. The largest absolute Gasteiger partial charge is 0.349 e. The molecule has 1 amide bonds. The highest BCUT2D eigenvalue weighted by Crippen LogP contribution is 2.29. The van der Waals surface area contributed by atoms with Crippen LogP contribution in [0.5, 0.6) is 0 Å². The van der Waals surface area contributed by atoms with Crippen molar-refractivity contribution in [3.63, 3.8) is 0 Å². The average Bonchev–Trinajstić information content (AvgIpc) is 2.90. The smallest absolute Gasteiger partial charge is 0.244 e. The van der Waals surface area contributed by atoms with Gasteiger partial charge in [-0.25, -0.2) is 0 Å². The Kier molecular flexibility index (Phi) is 8.77. The fourth-order valence-electron chi connectivity index (χ4n) is 4.26. The molecule has 4 rings (SSSR count). The van der Waals surface area contributed by atoms with E-state index in [0.29, 0.717) is 6.54 Å². The fraction of sp³-hybridized carbons (Fsp3) is 0.241. The molecule has 0 spiro atoms. The second-order valence-corrected chi connectivity index (χ2v) is 8.40. The molecule has 1 fully saturated rings. The maximum Gasteiger partial charge on any atom is 0.244 e. The zero-order chi connectivity index (χ0) is 23.4. The van der Waals surface area contributed by atoms with Crippen LogP contribution in [0.4, 0.5) is 0 Å². The van der Waals surface area contributed by atoms with Crippen molar-refractivity contribution in [1.82, 2.24) is 20.1 Å². The van der Waals surface area contributed by atoms with Gasteiger partial charge in [0, 0.05) is 57.7 Å². The van der Waals surface area contributed by atoms with Gasteiger partial charge in [0.05, 0.1) is 6.04 Å². The SMILES string of the molecule is O=C(/C=C/c1cccnc1)NC/C=C/CN1CCN(C(c2ccccc2)c2ccccc2)CC1. The number of aromatic nitrogens is 1. The molecule has 0 bridgehead atoms. The minimum atomic E-state index is -0.102. The molecule has 0 radical (unpaired) electrons. The van der Waals surface area contributed by atoms with E-state index in [2.05, 4.69) is 86.8 Å². The van der Waals surface area contributed by atoms with Crippen molar-refractivity contribution in [2.24, 2.45) is 0 Å². The van der Waals surface area contributed by atoms with E-state index in [1.807, 2.05) is 18.2 Å². The fourth-order valence-corrected chi connectivity index (χ4v) is 4.26. The molecule has 1 aliphatic heterocycles. The van der Waals surface area contributed by atoms with Crippen LogP contribution in [0.15, 0.2) is 103 Å². The Morgan fingerprint density at radius 3 is 2.18 bits per heavy atom. The van der Waals surface area contributed by atoms with E-state index in [4.69, 9.17) is 0 Å². The number of pyridine rings is 1. The van der Waals surface area contributed by atoms with Crippen LogP contribution in [0.25, 0.3) is 6.08 Å². The van der Waals surface area contributed by atoms with Crippen LogP contribution in [0.2, 0.25) is 0 Å². The van der Waals surface area contributed by atoms with Gasteiger partial charge in [0.25, 0.3) is 0 Å². The Bertz CT molecular complexity index is 1020. The van der Waals surface area contributed by atoms with Gasteiger partial charge >= 0.3 is 0 Å². The Hall–Kier alpha value is -3.54. The maximum absolute atomic E-state index is 11.9. The zero-order valence-corrected chi connectivity index (χ0v) is 19.5. The molecular weight excluding hydrogens is 420 g/mol. The van der Waals surface area contributed by atoms with Gasteiger partial charge in [0.1, 0.15) is 0 Å². The van der Waals surface area contributed by atoms with E-state index in [9.17, 15) is 4.79 Å². The zero-order valence-electron chi connectivity index (χ0n) is 19.5. The molecule has 0 atom stereocenters. The number of hydrogen-bond donors (Lipinski definition) is 1. The van der Waals surface area contributed by atoms with Crippen LogP contribution in [0.3, 0.4) is 0 Å². The van der Waals surface area contributed by atoms with Crippen molar-refractivity contribution in [1.29, 1.82) is 0 Å². The van der Waals surface area contributed by atoms with Crippen molar-refractivity contribution < 1.29 is 4.79 Å². The lowest BCUT2D eigenvalue weighted by Crippen LogP contribution is -2.47. The van der Waals surface area contributed by atoms with Crippen molar-refractivity contribution in [2.45, 2.75) is 6.04 Å². The topological polar surface area (TPSA) is 48.5 Å². The van der Waals surface area contributed by atoms with Crippen LogP contribution in [0.1, 0.15) is 22.7 Å². The lowest BCUT2D eigenvalue weighted by molar-refractivity contribution is -0.116. The van der Waals surface area contributed by atoms with Gasteiger partial charge in [-0.05, 0) is 28.8 Å². The van der Waals surface area contributed by atoms with E-state index in [1.165, 1.54) is 11.1 Å². The Balaban J connectivity index is 1.22. The van der Waals surface area contributed by atoms with Crippen molar-refractivity contribution >= 4 is 12.0 Å². The highest BCUT2D eigenvalue weighted by Gasteiger charge is 2.25. The summed E-state index contributed by atoms with van der Waals surface area (Å²) in [5.74, 6) is -0.102. The molecule has 1 aromatic heterocycles. The van der Waals surface area contributed by atoms with Gasteiger partial charge in [-0.2, -0.15) is 0 Å². The summed E-state index contributed by atoms with van der Waals surface area (Å²) < 4.78 is 0. The first kappa shape index (κ1) is 23.6. The highest BCUT2D eigenvalue weighted by molar-refractivity contribution is 5.91. The first-order chi connectivity index (χ1) is 16.8. The van der Waals surface area contributed by atoms with E-state index < -0.39 is 0 Å². The third-order valence-corrected chi connectivity index (χ3v) is 6.04. The lowest BCUT2D eigenvalue weighted by atomic mass is 9.96. The van der Waals surface area contributed by atoms with Crippen LogP contribution >= 0.6 is 0 Å². The van der Waals surface area contributed by atoms with Crippen molar-refractivity contribution in [3.05, 3.63) is 120 Å². The number of nitrogens with zero attached hydrogens (tertiary/aromatic N) is 3. The second kappa shape index (κ2) is 12.6. The molecule has 5 nitrogen and oxygen atoms in total. The molecule has 174 valence electrons. The van der Waals surface area contributed by atoms with E-state index in [0.717, 1.165) is 38.3 Å². The molecule has 1 saturated heterocycles. The van der Waals surface area contributed by atoms with Crippen molar-refractivity contribution in [2.75, 3.05) is 39.3 Å². The number of amides is 1. The molecule has 1 N–H and O–H groups in total. The number of hydrogen-bond acceptors (Lipinski definition) is 4. The second-order valence-electron chi connectivity index (χ2n) is 8.40. The van der Waals surface area contributed by atoms with Crippen LogP contribution in [-0.4, -0.2) is 60.0 Å². The average molecular weight is 453 g/mol. The van der Waals surface area contributed by atoms with Gasteiger partial charge in [-0.15, -0.1) is 0 Å². The number of nitrogens with one attached hydrogen (secondary N) is 1. The van der Waals surface area contributed by atoms with Gasteiger partial charge in [0.2, 0.25) is 5.91 Å². The normalized spacial score (nSPS) is 15.3. The third kappa shape index (κ3) is 6.98. The number of rotatable bonds is 9. The summed E-state index contributed by atoms with van der Waals surface area (Å²) >= 11 is 0. The first-order valence-corrected chi connectivity index (χ1v) is 11.9. The molecule has 34 heavy (non-hydrogen) atoms. The Labute approximate surface area is 202 Å². The molecular formula is C29H32N4O.